The van der Waals surface area contributed by atoms with Crippen molar-refractivity contribution < 1.29 is 22.3 Å². The SMILES string of the molecule is C=C(CCNS(=O)(=O)c1ccc(C)cc1)NC(=O)COc1ccc(Cl)c(F)c1. The Morgan fingerprint density at radius 1 is 1.21 bits per heavy atom. The van der Waals surface area contributed by atoms with E-state index < -0.39 is 21.7 Å². The maximum Gasteiger partial charge on any atom is 0.262 e. The summed E-state index contributed by atoms with van der Waals surface area (Å²) in [4.78, 5) is 12.0. The molecule has 0 unspecified atom stereocenters. The molecule has 150 valence electrons. The number of rotatable bonds is 9. The van der Waals surface area contributed by atoms with Crippen LogP contribution >= 0.6 is 11.6 Å². The Bertz CT molecular complexity index is 962. The molecule has 0 atom stereocenters. The Kier molecular flexibility index (Phi) is 7.56. The first kappa shape index (κ1) is 21.9. The normalized spacial score (nSPS) is 11.1. The van der Waals surface area contributed by atoms with Crippen LogP contribution in [-0.4, -0.2) is 27.5 Å². The van der Waals surface area contributed by atoms with Crippen LogP contribution in [-0.2, 0) is 14.8 Å². The van der Waals surface area contributed by atoms with Crippen LogP contribution in [0.25, 0.3) is 0 Å². The highest BCUT2D eigenvalue weighted by Gasteiger charge is 2.13. The maximum absolute atomic E-state index is 13.3. The average molecular weight is 427 g/mol. The number of sulfonamides is 1. The molecule has 0 fully saturated rings. The van der Waals surface area contributed by atoms with Crippen molar-refractivity contribution in [2.45, 2.75) is 18.2 Å². The number of nitrogens with one attached hydrogen (secondary N) is 2. The standard InChI is InChI=1S/C19H20ClFN2O4S/c1-13-3-6-16(7-4-13)28(25,26)22-10-9-14(2)23-19(24)12-27-15-5-8-17(20)18(21)11-15/h3-8,11,22H,2,9-10,12H2,1H3,(H,23,24). The minimum Gasteiger partial charge on any atom is -0.484 e. The van der Waals surface area contributed by atoms with Crippen LogP contribution in [0.1, 0.15) is 12.0 Å². The predicted octanol–water partition coefficient (Wildman–Crippen LogP) is 3.16. The lowest BCUT2D eigenvalue weighted by Crippen LogP contribution is -2.31. The van der Waals surface area contributed by atoms with Gasteiger partial charge in [0, 0.05) is 24.7 Å². The number of halogens is 2. The molecule has 0 bridgehead atoms. The second-order valence-electron chi connectivity index (χ2n) is 5.98. The maximum atomic E-state index is 13.3. The first-order chi connectivity index (χ1) is 13.2. The third-order valence-corrected chi connectivity index (χ3v) is 5.41. The molecule has 9 heteroatoms. The third-order valence-electron chi connectivity index (χ3n) is 3.63. The van der Waals surface area contributed by atoms with E-state index in [0.29, 0.717) is 5.70 Å². The number of hydrogen-bond donors (Lipinski definition) is 2. The van der Waals surface area contributed by atoms with E-state index in [1.165, 1.54) is 24.3 Å². The smallest absolute Gasteiger partial charge is 0.262 e. The van der Waals surface area contributed by atoms with E-state index in [0.717, 1.165) is 11.6 Å². The van der Waals surface area contributed by atoms with Crippen LogP contribution in [0.2, 0.25) is 5.02 Å². The van der Waals surface area contributed by atoms with Gasteiger partial charge in [-0.25, -0.2) is 17.5 Å². The van der Waals surface area contributed by atoms with Crippen LogP contribution in [0.4, 0.5) is 4.39 Å². The van der Waals surface area contributed by atoms with E-state index in [1.54, 1.807) is 12.1 Å². The minimum atomic E-state index is -3.63. The molecule has 2 aromatic carbocycles. The van der Waals surface area contributed by atoms with Gasteiger partial charge in [-0.15, -0.1) is 0 Å². The number of carbonyl (C=O) groups is 1. The Morgan fingerprint density at radius 3 is 2.54 bits per heavy atom. The van der Waals surface area contributed by atoms with Crippen molar-refractivity contribution in [1.82, 2.24) is 10.0 Å². The summed E-state index contributed by atoms with van der Waals surface area (Å²) in [6.07, 6.45) is 0.201. The first-order valence-electron chi connectivity index (χ1n) is 8.29. The lowest BCUT2D eigenvalue weighted by atomic mass is 10.2. The highest BCUT2D eigenvalue weighted by molar-refractivity contribution is 7.89. The fourth-order valence-electron chi connectivity index (χ4n) is 2.15. The van der Waals surface area contributed by atoms with Gasteiger partial charge in [0.1, 0.15) is 11.6 Å². The summed E-state index contributed by atoms with van der Waals surface area (Å²) in [6, 6.07) is 10.3. The number of benzene rings is 2. The largest absolute Gasteiger partial charge is 0.484 e. The van der Waals surface area contributed by atoms with Gasteiger partial charge in [-0.3, -0.25) is 4.79 Å². The predicted molar refractivity (Wildman–Crippen MR) is 105 cm³/mol. The minimum absolute atomic E-state index is 0.0433. The van der Waals surface area contributed by atoms with E-state index in [9.17, 15) is 17.6 Å². The summed E-state index contributed by atoms with van der Waals surface area (Å²) in [7, 11) is -3.63. The van der Waals surface area contributed by atoms with Crippen LogP contribution in [0.5, 0.6) is 5.75 Å². The number of ether oxygens (including phenoxy) is 1. The molecule has 0 saturated heterocycles. The Hall–Kier alpha value is -2.42. The molecular formula is C19H20ClFN2O4S. The summed E-state index contributed by atoms with van der Waals surface area (Å²) in [5.74, 6) is -0.986. The number of aryl methyl sites for hydroxylation is 1. The number of amides is 1. The molecule has 0 spiro atoms. The van der Waals surface area contributed by atoms with Gasteiger partial charge in [0.15, 0.2) is 6.61 Å². The summed E-state index contributed by atoms with van der Waals surface area (Å²) < 4.78 is 45.3. The van der Waals surface area contributed by atoms with Crippen LogP contribution in [0, 0.1) is 12.7 Å². The summed E-state index contributed by atoms with van der Waals surface area (Å²) in [5, 5.41) is 2.45. The Balaban J connectivity index is 1.74. The van der Waals surface area contributed by atoms with Crippen LogP contribution in [0.15, 0.2) is 59.6 Å². The molecule has 0 saturated carbocycles. The van der Waals surface area contributed by atoms with Gasteiger partial charge in [0.2, 0.25) is 10.0 Å². The number of carbonyl (C=O) groups excluding carboxylic acids is 1. The number of hydrogen-bond acceptors (Lipinski definition) is 4. The quantitative estimate of drug-likeness (QED) is 0.645. The molecule has 2 N–H and O–H groups in total. The highest BCUT2D eigenvalue weighted by Crippen LogP contribution is 2.20. The topological polar surface area (TPSA) is 84.5 Å². The lowest BCUT2D eigenvalue weighted by Gasteiger charge is -2.11. The summed E-state index contributed by atoms with van der Waals surface area (Å²) >= 11 is 5.57. The van der Waals surface area contributed by atoms with Gasteiger partial charge in [-0.1, -0.05) is 35.9 Å². The van der Waals surface area contributed by atoms with Gasteiger partial charge in [-0.2, -0.15) is 0 Å². The molecule has 2 rings (SSSR count). The molecule has 0 radical (unpaired) electrons. The van der Waals surface area contributed by atoms with E-state index in [2.05, 4.69) is 16.6 Å². The van der Waals surface area contributed by atoms with E-state index in [4.69, 9.17) is 16.3 Å². The van der Waals surface area contributed by atoms with Crippen molar-refractivity contribution in [2.24, 2.45) is 0 Å². The average Bonchev–Trinajstić information content (AvgIpc) is 2.63. The fourth-order valence-corrected chi connectivity index (χ4v) is 3.30. The molecule has 0 aromatic heterocycles. The van der Waals surface area contributed by atoms with Crippen molar-refractivity contribution in [3.63, 3.8) is 0 Å². The first-order valence-corrected chi connectivity index (χ1v) is 10.2. The van der Waals surface area contributed by atoms with E-state index >= 15 is 0 Å². The van der Waals surface area contributed by atoms with Crippen molar-refractivity contribution >= 4 is 27.5 Å². The van der Waals surface area contributed by atoms with Gasteiger partial charge in [0.25, 0.3) is 5.91 Å². The van der Waals surface area contributed by atoms with Crippen molar-refractivity contribution in [1.29, 1.82) is 0 Å². The fraction of sp³-hybridized carbons (Fsp3) is 0.211. The summed E-state index contributed by atoms with van der Waals surface area (Å²) in [5.41, 5.74) is 1.28. The van der Waals surface area contributed by atoms with Crippen molar-refractivity contribution in [3.8, 4) is 5.75 Å². The molecule has 1 amide bonds. The summed E-state index contributed by atoms with van der Waals surface area (Å²) in [6.45, 7) is 5.26. The van der Waals surface area contributed by atoms with Crippen LogP contribution < -0.4 is 14.8 Å². The molecule has 0 aliphatic heterocycles. The van der Waals surface area contributed by atoms with Crippen LogP contribution in [0.3, 0.4) is 0 Å². The third kappa shape index (κ3) is 6.63. The van der Waals surface area contributed by atoms with E-state index in [-0.39, 0.29) is 35.2 Å². The van der Waals surface area contributed by atoms with Gasteiger partial charge in [0.05, 0.1) is 9.92 Å². The molecule has 0 heterocycles. The molecule has 2 aromatic rings. The van der Waals surface area contributed by atoms with E-state index in [1.807, 2.05) is 6.92 Å². The van der Waals surface area contributed by atoms with Crippen molar-refractivity contribution in [2.75, 3.05) is 13.2 Å². The Labute approximate surface area is 168 Å². The second-order valence-corrected chi connectivity index (χ2v) is 8.15. The lowest BCUT2D eigenvalue weighted by molar-refractivity contribution is -0.122. The van der Waals surface area contributed by atoms with Crippen molar-refractivity contribution in [3.05, 3.63) is 71.1 Å². The molecule has 28 heavy (non-hydrogen) atoms. The highest BCUT2D eigenvalue weighted by atomic mass is 35.5. The molecule has 0 aliphatic carbocycles. The zero-order valence-electron chi connectivity index (χ0n) is 15.2. The molecule has 0 aliphatic rings. The van der Waals surface area contributed by atoms with Gasteiger partial charge in [-0.05, 0) is 31.2 Å². The zero-order chi connectivity index (χ0) is 20.7. The zero-order valence-corrected chi connectivity index (χ0v) is 16.7. The molecule has 6 nitrogen and oxygen atoms in total. The molecular weight excluding hydrogens is 407 g/mol. The van der Waals surface area contributed by atoms with Gasteiger partial charge >= 0.3 is 0 Å². The van der Waals surface area contributed by atoms with Gasteiger partial charge < -0.3 is 10.1 Å². The monoisotopic (exact) mass is 426 g/mol. The Morgan fingerprint density at radius 2 is 1.89 bits per heavy atom. The second kappa shape index (κ2) is 9.68.